The van der Waals surface area contributed by atoms with Crippen molar-refractivity contribution >= 4 is 0 Å². The molecule has 13 heavy (non-hydrogen) atoms. The van der Waals surface area contributed by atoms with E-state index in [4.69, 9.17) is 5.73 Å². The topological polar surface area (TPSA) is 32.5 Å². The van der Waals surface area contributed by atoms with Crippen molar-refractivity contribution < 1.29 is 4.39 Å². The molecule has 0 radical (unpaired) electrons. The van der Waals surface area contributed by atoms with Gasteiger partial charge in [-0.15, -0.1) is 0 Å². The van der Waals surface area contributed by atoms with Crippen LogP contribution in [0.2, 0.25) is 0 Å². The zero-order valence-electron chi connectivity index (χ0n) is 8.21. The van der Waals surface area contributed by atoms with Crippen molar-refractivity contribution in [1.82, 2.24) is 9.80 Å². The largest absolute Gasteiger partial charge is 0.329 e. The van der Waals surface area contributed by atoms with Gasteiger partial charge in [0.1, 0.15) is 0 Å². The molecule has 0 unspecified atom stereocenters. The van der Waals surface area contributed by atoms with E-state index in [1.807, 2.05) is 0 Å². The van der Waals surface area contributed by atoms with Crippen LogP contribution in [0.4, 0.5) is 4.39 Å². The standard InChI is InChI=1S/C9H20FN3/c10-2-1-4-12-6-8-13(5-3-11)9-7-12/h1-9,11H2. The zero-order chi connectivity index (χ0) is 9.52. The second-order valence-corrected chi connectivity index (χ2v) is 3.51. The normalized spacial score (nSPS) is 20.8. The van der Waals surface area contributed by atoms with Crippen molar-refractivity contribution in [3.63, 3.8) is 0 Å². The summed E-state index contributed by atoms with van der Waals surface area (Å²) in [5, 5.41) is 0. The molecular formula is C9H20FN3. The Morgan fingerprint density at radius 3 is 2.00 bits per heavy atom. The molecule has 2 N–H and O–H groups in total. The molecule has 1 saturated heterocycles. The minimum atomic E-state index is -0.191. The molecule has 0 aromatic heterocycles. The third-order valence-electron chi connectivity index (χ3n) is 2.52. The lowest BCUT2D eigenvalue weighted by Crippen LogP contribution is -2.47. The van der Waals surface area contributed by atoms with Gasteiger partial charge in [-0.2, -0.15) is 0 Å². The third-order valence-corrected chi connectivity index (χ3v) is 2.52. The molecule has 0 aliphatic carbocycles. The first-order chi connectivity index (χ1) is 6.36. The first-order valence-electron chi connectivity index (χ1n) is 5.07. The van der Waals surface area contributed by atoms with Crippen molar-refractivity contribution in [3.8, 4) is 0 Å². The third kappa shape index (κ3) is 4.02. The fourth-order valence-electron chi connectivity index (χ4n) is 1.70. The second kappa shape index (κ2) is 6.29. The van der Waals surface area contributed by atoms with Crippen molar-refractivity contribution in [2.45, 2.75) is 6.42 Å². The predicted octanol–water partition coefficient (Wildman–Crippen LogP) is -0.0777. The second-order valence-electron chi connectivity index (χ2n) is 3.51. The predicted molar refractivity (Wildman–Crippen MR) is 52.5 cm³/mol. The molecule has 0 atom stereocenters. The average molecular weight is 189 g/mol. The smallest absolute Gasteiger partial charge is 0.0906 e. The van der Waals surface area contributed by atoms with E-state index in [9.17, 15) is 4.39 Å². The van der Waals surface area contributed by atoms with Crippen molar-refractivity contribution in [1.29, 1.82) is 0 Å². The van der Waals surface area contributed by atoms with Gasteiger partial charge in [0.2, 0.25) is 0 Å². The van der Waals surface area contributed by atoms with Gasteiger partial charge in [0, 0.05) is 45.8 Å². The number of hydrogen-bond acceptors (Lipinski definition) is 3. The van der Waals surface area contributed by atoms with Crippen molar-refractivity contribution in [2.75, 3.05) is 52.5 Å². The summed E-state index contributed by atoms with van der Waals surface area (Å²) in [6.45, 7) is 6.77. The highest BCUT2D eigenvalue weighted by Gasteiger charge is 2.14. The first-order valence-corrected chi connectivity index (χ1v) is 5.07. The van der Waals surface area contributed by atoms with Gasteiger partial charge in [-0.05, 0) is 6.42 Å². The van der Waals surface area contributed by atoms with E-state index < -0.39 is 0 Å². The summed E-state index contributed by atoms with van der Waals surface area (Å²) in [5.41, 5.74) is 5.47. The van der Waals surface area contributed by atoms with Crippen LogP contribution < -0.4 is 5.73 Å². The SMILES string of the molecule is NCCN1CCN(CCCF)CC1. The Balaban J connectivity index is 2.08. The molecule has 0 amide bonds. The number of piperazine rings is 1. The van der Waals surface area contributed by atoms with Crippen LogP contribution in [0.1, 0.15) is 6.42 Å². The van der Waals surface area contributed by atoms with Crippen LogP contribution in [0, 0.1) is 0 Å². The average Bonchev–Trinajstić information content (AvgIpc) is 2.17. The van der Waals surface area contributed by atoms with E-state index in [2.05, 4.69) is 9.80 Å². The molecule has 3 nitrogen and oxygen atoms in total. The first kappa shape index (κ1) is 10.9. The summed E-state index contributed by atoms with van der Waals surface area (Å²) in [6, 6.07) is 0. The van der Waals surface area contributed by atoms with Gasteiger partial charge in [-0.25, -0.2) is 0 Å². The molecule has 1 fully saturated rings. The van der Waals surface area contributed by atoms with Crippen molar-refractivity contribution in [3.05, 3.63) is 0 Å². The molecule has 0 aromatic rings. The van der Waals surface area contributed by atoms with E-state index in [-0.39, 0.29) is 6.67 Å². The molecule has 1 aliphatic rings. The molecule has 1 heterocycles. The highest BCUT2D eigenvalue weighted by atomic mass is 19.1. The van der Waals surface area contributed by atoms with Crippen LogP contribution >= 0.6 is 0 Å². The van der Waals surface area contributed by atoms with E-state index in [1.165, 1.54) is 0 Å². The molecule has 0 bridgehead atoms. The maximum Gasteiger partial charge on any atom is 0.0906 e. The van der Waals surface area contributed by atoms with Crippen LogP contribution in [0.3, 0.4) is 0 Å². The number of nitrogens with zero attached hydrogens (tertiary/aromatic N) is 2. The minimum Gasteiger partial charge on any atom is -0.329 e. The molecule has 1 aliphatic heterocycles. The maximum atomic E-state index is 11.9. The molecule has 78 valence electrons. The lowest BCUT2D eigenvalue weighted by molar-refractivity contribution is 0.132. The summed E-state index contributed by atoms with van der Waals surface area (Å²) < 4.78 is 11.9. The van der Waals surface area contributed by atoms with Gasteiger partial charge in [0.15, 0.2) is 0 Å². The molecule has 1 rings (SSSR count). The Bertz CT molecular complexity index is 124. The van der Waals surface area contributed by atoms with E-state index >= 15 is 0 Å². The van der Waals surface area contributed by atoms with Gasteiger partial charge in [-0.3, -0.25) is 9.29 Å². The quantitative estimate of drug-likeness (QED) is 0.656. The van der Waals surface area contributed by atoms with Gasteiger partial charge < -0.3 is 10.6 Å². The monoisotopic (exact) mass is 189 g/mol. The summed E-state index contributed by atoms with van der Waals surface area (Å²) in [4.78, 5) is 4.69. The molecule has 0 spiro atoms. The molecular weight excluding hydrogens is 169 g/mol. The Hall–Kier alpha value is -0.190. The van der Waals surface area contributed by atoms with Gasteiger partial charge in [0.05, 0.1) is 6.67 Å². The van der Waals surface area contributed by atoms with E-state index in [0.717, 1.165) is 45.8 Å². The highest BCUT2D eigenvalue weighted by molar-refractivity contribution is 4.71. The summed E-state index contributed by atoms with van der Waals surface area (Å²) >= 11 is 0. The zero-order valence-corrected chi connectivity index (χ0v) is 8.21. The number of halogens is 1. The van der Waals surface area contributed by atoms with Gasteiger partial charge in [-0.1, -0.05) is 0 Å². The molecule has 0 saturated carbocycles. The summed E-state index contributed by atoms with van der Waals surface area (Å²) in [7, 11) is 0. The van der Waals surface area contributed by atoms with Gasteiger partial charge >= 0.3 is 0 Å². The summed E-state index contributed by atoms with van der Waals surface area (Å²) in [6.07, 6.45) is 0.677. The number of rotatable bonds is 5. The Morgan fingerprint density at radius 2 is 1.54 bits per heavy atom. The van der Waals surface area contributed by atoms with Crippen LogP contribution in [0.5, 0.6) is 0 Å². The number of alkyl halides is 1. The molecule has 4 heteroatoms. The van der Waals surface area contributed by atoms with Crippen LogP contribution in [0.15, 0.2) is 0 Å². The lowest BCUT2D eigenvalue weighted by Gasteiger charge is -2.34. The highest BCUT2D eigenvalue weighted by Crippen LogP contribution is 2.01. The minimum absolute atomic E-state index is 0.191. The van der Waals surface area contributed by atoms with Crippen LogP contribution in [-0.4, -0.2) is 62.3 Å². The maximum absolute atomic E-state index is 11.9. The summed E-state index contributed by atoms with van der Waals surface area (Å²) in [5.74, 6) is 0. The van der Waals surface area contributed by atoms with E-state index in [1.54, 1.807) is 0 Å². The Morgan fingerprint density at radius 1 is 1.00 bits per heavy atom. The van der Waals surface area contributed by atoms with Crippen LogP contribution in [0.25, 0.3) is 0 Å². The van der Waals surface area contributed by atoms with Gasteiger partial charge in [0.25, 0.3) is 0 Å². The molecule has 0 aromatic carbocycles. The Labute approximate surface area is 79.7 Å². The number of nitrogens with two attached hydrogens (primary N) is 1. The Kier molecular flexibility index (Phi) is 5.27. The lowest BCUT2D eigenvalue weighted by atomic mass is 10.3. The van der Waals surface area contributed by atoms with Crippen LogP contribution in [-0.2, 0) is 0 Å². The fraction of sp³-hybridized carbons (Fsp3) is 1.00. The van der Waals surface area contributed by atoms with E-state index in [0.29, 0.717) is 6.42 Å². The fourth-order valence-corrected chi connectivity index (χ4v) is 1.70. The van der Waals surface area contributed by atoms with Crippen molar-refractivity contribution in [2.24, 2.45) is 5.73 Å². The number of hydrogen-bond donors (Lipinski definition) is 1.